The Kier molecular flexibility index (Phi) is 3.47. The van der Waals surface area contributed by atoms with Gasteiger partial charge in [-0.3, -0.25) is 4.79 Å². The molecule has 0 fully saturated rings. The van der Waals surface area contributed by atoms with Crippen LogP contribution in [-0.2, 0) is 22.5 Å². The number of nitrogens with zero attached hydrogens (tertiary/aromatic N) is 1. The summed E-state index contributed by atoms with van der Waals surface area (Å²) in [6, 6.07) is 8.17. The van der Waals surface area contributed by atoms with Gasteiger partial charge in [0.2, 0.25) is 0 Å². The fourth-order valence-corrected chi connectivity index (χ4v) is 2.13. The quantitative estimate of drug-likeness (QED) is 0.758. The van der Waals surface area contributed by atoms with E-state index in [1.165, 1.54) is 18.1 Å². The van der Waals surface area contributed by atoms with E-state index in [1.54, 1.807) is 0 Å². The topological polar surface area (TPSA) is 31.2 Å². The molecule has 0 radical (unpaired) electrons. The van der Waals surface area contributed by atoms with Gasteiger partial charge in [0.1, 0.15) is 6.54 Å². The Morgan fingerprint density at radius 3 is 2.82 bits per heavy atom. The molecule has 2 aromatic rings. The van der Waals surface area contributed by atoms with Crippen molar-refractivity contribution in [1.29, 1.82) is 0 Å². The molecule has 2 rings (SSSR count). The van der Waals surface area contributed by atoms with Gasteiger partial charge in [-0.1, -0.05) is 31.5 Å². The summed E-state index contributed by atoms with van der Waals surface area (Å²) >= 11 is 0. The summed E-state index contributed by atoms with van der Waals surface area (Å²) in [4.78, 5) is 11.3. The maximum absolute atomic E-state index is 11.3. The van der Waals surface area contributed by atoms with E-state index in [0.29, 0.717) is 0 Å². The highest BCUT2D eigenvalue weighted by molar-refractivity contribution is 5.85. The number of methoxy groups -OCH3 is 1. The molecule has 1 heterocycles. The summed E-state index contributed by atoms with van der Waals surface area (Å²) < 4.78 is 6.68. The van der Waals surface area contributed by atoms with Crippen LogP contribution in [0.5, 0.6) is 0 Å². The van der Waals surface area contributed by atoms with Crippen LogP contribution in [0, 0.1) is 0 Å². The number of aryl methyl sites for hydroxylation is 1. The monoisotopic (exact) mass is 231 g/mol. The van der Waals surface area contributed by atoms with Crippen molar-refractivity contribution in [3.63, 3.8) is 0 Å². The average molecular weight is 231 g/mol. The molecule has 0 N–H and O–H groups in total. The normalized spacial score (nSPS) is 10.7. The van der Waals surface area contributed by atoms with Gasteiger partial charge in [0.25, 0.3) is 0 Å². The number of rotatable bonds is 4. The highest BCUT2D eigenvalue weighted by Crippen LogP contribution is 2.22. The van der Waals surface area contributed by atoms with Crippen LogP contribution in [0.3, 0.4) is 0 Å². The van der Waals surface area contributed by atoms with Gasteiger partial charge in [0.05, 0.1) is 7.11 Å². The largest absolute Gasteiger partial charge is 0.468 e. The van der Waals surface area contributed by atoms with E-state index >= 15 is 0 Å². The predicted octanol–water partition coefficient (Wildman–Crippen LogP) is 2.77. The molecule has 0 saturated carbocycles. The molecule has 0 atom stereocenters. The molecule has 1 aromatic heterocycles. The van der Waals surface area contributed by atoms with Crippen LogP contribution in [0.15, 0.2) is 30.5 Å². The molecule has 3 nitrogen and oxygen atoms in total. The van der Waals surface area contributed by atoms with E-state index in [4.69, 9.17) is 4.74 Å². The Morgan fingerprint density at radius 2 is 2.12 bits per heavy atom. The van der Waals surface area contributed by atoms with E-state index in [2.05, 4.69) is 19.2 Å². The number of aromatic nitrogens is 1. The first kappa shape index (κ1) is 11.7. The number of para-hydroxylation sites is 1. The van der Waals surface area contributed by atoms with E-state index < -0.39 is 0 Å². The third-order valence-corrected chi connectivity index (χ3v) is 2.92. The molecule has 17 heavy (non-hydrogen) atoms. The summed E-state index contributed by atoms with van der Waals surface area (Å²) in [5, 5.41) is 1.23. The summed E-state index contributed by atoms with van der Waals surface area (Å²) in [6.45, 7) is 2.44. The van der Waals surface area contributed by atoms with E-state index in [1.807, 2.05) is 22.8 Å². The van der Waals surface area contributed by atoms with Crippen molar-refractivity contribution in [1.82, 2.24) is 4.57 Å². The van der Waals surface area contributed by atoms with Crippen LogP contribution in [0.1, 0.15) is 18.9 Å². The summed E-state index contributed by atoms with van der Waals surface area (Å²) in [5.41, 5.74) is 2.40. The lowest BCUT2D eigenvalue weighted by Crippen LogP contribution is -2.10. The second kappa shape index (κ2) is 5.04. The molecular weight excluding hydrogens is 214 g/mol. The molecule has 0 amide bonds. The van der Waals surface area contributed by atoms with Crippen molar-refractivity contribution in [3.05, 3.63) is 36.0 Å². The first-order valence-electron chi connectivity index (χ1n) is 5.89. The van der Waals surface area contributed by atoms with E-state index in [0.717, 1.165) is 18.4 Å². The van der Waals surface area contributed by atoms with Gasteiger partial charge < -0.3 is 9.30 Å². The van der Waals surface area contributed by atoms with Crippen molar-refractivity contribution in [2.75, 3.05) is 7.11 Å². The Bertz CT molecular complexity index is 528. The minimum absolute atomic E-state index is 0.214. The summed E-state index contributed by atoms with van der Waals surface area (Å²) in [6.07, 6.45) is 4.20. The lowest BCUT2D eigenvalue weighted by atomic mass is 10.1. The molecular formula is C14H17NO2. The van der Waals surface area contributed by atoms with Crippen molar-refractivity contribution >= 4 is 16.9 Å². The molecule has 3 heteroatoms. The zero-order valence-corrected chi connectivity index (χ0v) is 10.3. The van der Waals surface area contributed by atoms with Gasteiger partial charge >= 0.3 is 5.97 Å². The first-order chi connectivity index (χ1) is 8.26. The van der Waals surface area contributed by atoms with Crippen LogP contribution < -0.4 is 0 Å². The van der Waals surface area contributed by atoms with Crippen LogP contribution in [0.25, 0.3) is 10.9 Å². The number of esters is 1. The van der Waals surface area contributed by atoms with Crippen LogP contribution in [-0.4, -0.2) is 17.6 Å². The second-order valence-electron chi connectivity index (χ2n) is 4.13. The van der Waals surface area contributed by atoms with Crippen LogP contribution in [0.4, 0.5) is 0 Å². The number of hydrogen-bond donors (Lipinski definition) is 0. The second-order valence-corrected chi connectivity index (χ2v) is 4.13. The molecule has 0 spiro atoms. The molecule has 0 aliphatic rings. The van der Waals surface area contributed by atoms with Gasteiger partial charge in [-0.25, -0.2) is 0 Å². The zero-order chi connectivity index (χ0) is 12.3. The Hall–Kier alpha value is -1.77. The lowest BCUT2D eigenvalue weighted by molar-refractivity contribution is -0.141. The van der Waals surface area contributed by atoms with Crippen molar-refractivity contribution < 1.29 is 9.53 Å². The number of carbonyl (C=O) groups excluding carboxylic acids is 1. The number of ether oxygens (including phenoxy) is 1. The third-order valence-electron chi connectivity index (χ3n) is 2.92. The van der Waals surface area contributed by atoms with Gasteiger partial charge in [-0.15, -0.1) is 0 Å². The highest BCUT2D eigenvalue weighted by atomic mass is 16.5. The summed E-state index contributed by atoms with van der Waals surface area (Å²) in [7, 11) is 1.42. The number of hydrogen-bond acceptors (Lipinski definition) is 2. The zero-order valence-electron chi connectivity index (χ0n) is 10.3. The Balaban J connectivity index is 2.44. The van der Waals surface area contributed by atoms with Crippen molar-refractivity contribution in [2.45, 2.75) is 26.3 Å². The maximum Gasteiger partial charge on any atom is 0.325 e. The smallest absolute Gasteiger partial charge is 0.325 e. The molecule has 0 aliphatic carbocycles. The molecule has 1 aromatic carbocycles. The van der Waals surface area contributed by atoms with E-state index in [-0.39, 0.29) is 12.5 Å². The highest BCUT2D eigenvalue weighted by Gasteiger charge is 2.10. The number of benzene rings is 1. The Labute approximate surface area is 101 Å². The fraction of sp³-hybridized carbons (Fsp3) is 0.357. The third kappa shape index (κ3) is 2.33. The SMILES string of the molecule is CCCc1cn(CC(=O)OC)c2ccccc12. The van der Waals surface area contributed by atoms with Crippen molar-refractivity contribution in [3.8, 4) is 0 Å². The molecule has 0 bridgehead atoms. The van der Waals surface area contributed by atoms with E-state index in [9.17, 15) is 4.79 Å². The standard InChI is InChI=1S/C14H17NO2/c1-3-6-11-9-15(10-14(16)17-2)13-8-5-4-7-12(11)13/h4-5,7-9H,3,6,10H2,1-2H3. The maximum atomic E-state index is 11.3. The van der Waals surface area contributed by atoms with Gasteiger partial charge in [0.15, 0.2) is 0 Å². The minimum atomic E-state index is -0.214. The van der Waals surface area contributed by atoms with Gasteiger partial charge in [-0.2, -0.15) is 0 Å². The fourth-order valence-electron chi connectivity index (χ4n) is 2.13. The van der Waals surface area contributed by atoms with Crippen molar-refractivity contribution in [2.24, 2.45) is 0 Å². The minimum Gasteiger partial charge on any atom is -0.468 e. The van der Waals surface area contributed by atoms with Gasteiger partial charge in [-0.05, 0) is 18.1 Å². The molecule has 0 saturated heterocycles. The Morgan fingerprint density at radius 1 is 1.35 bits per heavy atom. The molecule has 0 aliphatic heterocycles. The average Bonchev–Trinajstić information content (AvgIpc) is 2.69. The number of carbonyl (C=O) groups is 1. The molecule has 90 valence electrons. The predicted molar refractivity (Wildman–Crippen MR) is 67.9 cm³/mol. The molecule has 0 unspecified atom stereocenters. The summed E-state index contributed by atoms with van der Waals surface area (Å²) in [5.74, 6) is -0.214. The van der Waals surface area contributed by atoms with Gasteiger partial charge in [0, 0.05) is 17.1 Å². The lowest BCUT2D eigenvalue weighted by Gasteiger charge is -2.02. The number of fused-ring (bicyclic) bond motifs is 1. The van der Waals surface area contributed by atoms with Crippen LogP contribution >= 0.6 is 0 Å². The first-order valence-corrected chi connectivity index (χ1v) is 5.89. The van der Waals surface area contributed by atoms with Crippen LogP contribution in [0.2, 0.25) is 0 Å².